The van der Waals surface area contributed by atoms with Gasteiger partial charge in [-0.1, -0.05) is 11.6 Å². The van der Waals surface area contributed by atoms with Gasteiger partial charge in [0.25, 0.3) is 5.56 Å². The van der Waals surface area contributed by atoms with E-state index in [1.807, 2.05) is 30.3 Å². The Morgan fingerprint density at radius 2 is 2.00 bits per heavy atom. The standard InChI is InChI=1S/C21H17ClFN5O/c1-27-8-9-28-20(27)18(26-17-5-7-25-19-13(17)4-6-24-19)11-15(21(28)29)14-10-12(22)2-3-16(14)23/h2-7,10-11H,8-9H2,1H3,(H2,24,25,26). The number of fused-ring (bicyclic) bond motifs is 2. The summed E-state index contributed by atoms with van der Waals surface area (Å²) in [5, 5.41) is 4.72. The zero-order chi connectivity index (χ0) is 20.1. The summed E-state index contributed by atoms with van der Waals surface area (Å²) in [7, 11) is 1.93. The summed E-state index contributed by atoms with van der Waals surface area (Å²) in [6, 6.07) is 9.73. The number of nitrogens with one attached hydrogen (secondary N) is 2. The van der Waals surface area contributed by atoms with E-state index in [9.17, 15) is 9.18 Å². The monoisotopic (exact) mass is 409 g/mol. The smallest absolute Gasteiger partial charge is 0.260 e. The second-order valence-electron chi connectivity index (χ2n) is 7.02. The largest absolute Gasteiger partial charge is 0.357 e. The maximum atomic E-state index is 14.5. The number of hydrogen-bond acceptors (Lipinski definition) is 4. The van der Waals surface area contributed by atoms with Crippen molar-refractivity contribution in [3.05, 3.63) is 70.0 Å². The lowest BCUT2D eigenvalue weighted by atomic mass is 10.1. The number of anilines is 3. The molecule has 0 atom stereocenters. The van der Waals surface area contributed by atoms with Crippen LogP contribution in [0.4, 0.5) is 21.6 Å². The van der Waals surface area contributed by atoms with Gasteiger partial charge in [-0.3, -0.25) is 9.36 Å². The van der Waals surface area contributed by atoms with E-state index in [-0.39, 0.29) is 16.7 Å². The molecule has 0 fully saturated rings. The Morgan fingerprint density at radius 3 is 2.86 bits per heavy atom. The van der Waals surface area contributed by atoms with Gasteiger partial charge in [-0.05, 0) is 36.4 Å². The van der Waals surface area contributed by atoms with Crippen molar-refractivity contribution < 1.29 is 4.39 Å². The van der Waals surface area contributed by atoms with Gasteiger partial charge in [-0.2, -0.15) is 0 Å². The van der Waals surface area contributed by atoms with Crippen LogP contribution in [0.5, 0.6) is 0 Å². The predicted octanol–water partition coefficient (Wildman–Crippen LogP) is 4.38. The molecule has 8 heteroatoms. The highest BCUT2D eigenvalue weighted by Crippen LogP contribution is 2.36. The molecule has 4 heterocycles. The summed E-state index contributed by atoms with van der Waals surface area (Å²) in [6.45, 7) is 1.23. The summed E-state index contributed by atoms with van der Waals surface area (Å²) in [6.07, 6.45) is 3.53. The number of rotatable bonds is 3. The van der Waals surface area contributed by atoms with Crippen LogP contribution in [0.25, 0.3) is 22.2 Å². The van der Waals surface area contributed by atoms with Crippen molar-refractivity contribution in [2.24, 2.45) is 0 Å². The maximum Gasteiger partial charge on any atom is 0.260 e. The van der Waals surface area contributed by atoms with E-state index < -0.39 is 5.82 Å². The second kappa shape index (κ2) is 6.63. The Kier molecular flexibility index (Phi) is 4.06. The molecule has 0 saturated carbocycles. The molecule has 0 amide bonds. The summed E-state index contributed by atoms with van der Waals surface area (Å²) in [5.41, 5.74) is 2.54. The molecule has 0 bridgehead atoms. The van der Waals surface area contributed by atoms with Crippen molar-refractivity contribution in [2.45, 2.75) is 6.54 Å². The molecule has 146 valence electrons. The molecule has 0 unspecified atom stereocenters. The first-order valence-corrected chi connectivity index (χ1v) is 9.54. The molecule has 1 aromatic carbocycles. The molecular formula is C21H17ClFN5O. The van der Waals surface area contributed by atoms with Crippen LogP contribution in [0, 0.1) is 5.82 Å². The molecule has 4 aromatic rings. The Bertz CT molecular complexity index is 1310. The third-order valence-electron chi connectivity index (χ3n) is 5.23. The van der Waals surface area contributed by atoms with Crippen LogP contribution in [-0.4, -0.2) is 28.1 Å². The molecule has 3 aromatic heterocycles. The van der Waals surface area contributed by atoms with E-state index in [1.54, 1.807) is 16.8 Å². The number of aromatic nitrogens is 3. The fraction of sp³-hybridized carbons (Fsp3) is 0.143. The van der Waals surface area contributed by atoms with E-state index >= 15 is 0 Å². The van der Waals surface area contributed by atoms with Crippen LogP contribution >= 0.6 is 11.6 Å². The highest BCUT2D eigenvalue weighted by atomic mass is 35.5. The lowest BCUT2D eigenvalue weighted by molar-refractivity contribution is 0.630. The summed E-state index contributed by atoms with van der Waals surface area (Å²) >= 11 is 6.07. The second-order valence-corrected chi connectivity index (χ2v) is 7.46. The molecule has 1 aliphatic rings. The molecule has 6 nitrogen and oxygen atoms in total. The van der Waals surface area contributed by atoms with Gasteiger partial charge in [0.05, 0.1) is 16.9 Å². The average Bonchev–Trinajstić information content (AvgIpc) is 3.34. The van der Waals surface area contributed by atoms with Gasteiger partial charge in [0, 0.05) is 48.5 Å². The van der Waals surface area contributed by atoms with E-state index in [0.717, 1.165) is 22.5 Å². The van der Waals surface area contributed by atoms with E-state index in [1.165, 1.54) is 18.2 Å². The number of nitrogens with zero attached hydrogens (tertiary/aromatic N) is 3. The predicted molar refractivity (Wildman–Crippen MR) is 114 cm³/mol. The third kappa shape index (κ3) is 2.86. The summed E-state index contributed by atoms with van der Waals surface area (Å²) in [5.74, 6) is 0.281. The first-order valence-electron chi connectivity index (χ1n) is 9.16. The van der Waals surface area contributed by atoms with Crippen molar-refractivity contribution in [3.63, 3.8) is 0 Å². The number of H-pyrrole nitrogens is 1. The van der Waals surface area contributed by atoms with Gasteiger partial charge >= 0.3 is 0 Å². The topological polar surface area (TPSA) is 66.0 Å². The van der Waals surface area contributed by atoms with Crippen molar-refractivity contribution in [2.75, 3.05) is 23.8 Å². The summed E-state index contributed by atoms with van der Waals surface area (Å²) < 4.78 is 16.2. The van der Waals surface area contributed by atoms with E-state index in [2.05, 4.69) is 15.3 Å². The van der Waals surface area contributed by atoms with Crippen LogP contribution in [0.1, 0.15) is 0 Å². The number of pyridine rings is 2. The molecule has 5 rings (SSSR count). The Labute approximate surface area is 170 Å². The van der Waals surface area contributed by atoms with Crippen molar-refractivity contribution in [3.8, 4) is 11.1 Å². The van der Waals surface area contributed by atoms with Crippen LogP contribution in [-0.2, 0) is 6.54 Å². The van der Waals surface area contributed by atoms with Gasteiger partial charge in [0.15, 0.2) is 0 Å². The number of likely N-dealkylation sites (N-methyl/N-ethyl adjacent to an activating group) is 1. The molecule has 1 aliphatic heterocycles. The molecule has 0 aliphatic carbocycles. The zero-order valence-corrected chi connectivity index (χ0v) is 16.3. The van der Waals surface area contributed by atoms with Gasteiger partial charge in [0.1, 0.15) is 17.3 Å². The van der Waals surface area contributed by atoms with E-state index in [0.29, 0.717) is 23.8 Å². The molecule has 0 saturated heterocycles. The molecule has 2 N–H and O–H groups in total. The van der Waals surface area contributed by atoms with Crippen LogP contribution in [0.2, 0.25) is 5.02 Å². The third-order valence-corrected chi connectivity index (χ3v) is 5.46. The molecular weight excluding hydrogens is 393 g/mol. The number of benzene rings is 1. The first-order chi connectivity index (χ1) is 14.0. The highest BCUT2D eigenvalue weighted by molar-refractivity contribution is 6.30. The lowest BCUT2D eigenvalue weighted by Gasteiger charge is -2.19. The van der Waals surface area contributed by atoms with Crippen LogP contribution in [0.15, 0.2) is 53.6 Å². The fourth-order valence-electron chi connectivity index (χ4n) is 3.84. The lowest BCUT2D eigenvalue weighted by Crippen LogP contribution is -2.22. The van der Waals surface area contributed by atoms with E-state index in [4.69, 9.17) is 11.6 Å². The SMILES string of the molecule is CN1CCn2c1c(Nc1ccnc3[nH]ccc13)cc(-c1cc(Cl)ccc1F)c2=O. The van der Waals surface area contributed by atoms with Crippen molar-refractivity contribution in [1.29, 1.82) is 0 Å². The number of hydrogen-bond donors (Lipinski definition) is 2. The van der Waals surface area contributed by atoms with Gasteiger partial charge in [0.2, 0.25) is 0 Å². The first kappa shape index (κ1) is 17.8. The zero-order valence-electron chi connectivity index (χ0n) is 15.5. The minimum Gasteiger partial charge on any atom is -0.357 e. The van der Waals surface area contributed by atoms with Crippen molar-refractivity contribution >= 4 is 39.8 Å². The minimum atomic E-state index is -0.485. The molecule has 0 radical (unpaired) electrons. The van der Waals surface area contributed by atoms with Crippen LogP contribution in [0.3, 0.4) is 0 Å². The fourth-order valence-corrected chi connectivity index (χ4v) is 4.01. The number of halogens is 2. The van der Waals surface area contributed by atoms with Gasteiger partial charge < -0.3 is 15.2 Å². The highest BCUT2D eigenvalue weighted by Gasteiger charge is 2.25. The quantitative estimate of drug-likeness (QED) is 0.527. The Morgan fingerprint density at radius 1 is 1.14 bits per heavy atom. The minimum absolute atomic E-state index is 0.192. The van der Waals surface area contributed by atoms with Gasteiger partial charge in [-0.15, -0.1) is 0 Å². The maximum absolute atomic E-state index is 14.5. The van der Waals surface area contributed by atoms with Crippen LogP contribution < -0.4 is 15.8 Å². The van der Waals surface area contributed by atoms with Gasteiger partial charge in [-0.25, -0.2) is 9.37 Å². The Hall–Kier alpha value is -3.32. The average molecular weight is 410 g/mol. The van der Waals surface area contributed by atoms with Crippen molar-refractivity contribution in [1.82, 2.24) is 14.5 Å². The molecule has 0 spiro atoms. The summed E-state index contributed by atoms with van der Waals surface area (Å²) in [4.78, 5) is 22.5. The molecule has 29 heavy (non-hydrogen) atoms. The number of aromatic amines is 1. The Balaban J connectivity index is 1.73. The normalized spacial score (nSPS) is 13.1.